The number of amides is 4. The summed E-state index contributed by atoms with van der Waals surface area (Å²) in [6.07, 6.45) is 3.86. The average Bonchev–Trinajstić information content (AvgIpc) is 3.54. The van der Waals surface area contributed by atoms with E-state index in [2.05, 4.69) is 35.9 Å². The number of carbonyl (C=O) groups is 6. The lowest BCUT2D eigenvalue weighted by Gasteiger charge is -2.24. The molecule has 0 aromatic carbocycles. The molecule has 0 aliphatic carbocycles. The zero-order valence-electron chi connectivity index (χ0n) is 20.0. The monoisotopic (exact) mass is 535 g/mol. The largest absolute Gasteiger partial charge is 0.481 e. The van der Waals surface area contributed by atoms with Crippen molar-refractivity contribution >= 4 is 35.6 Å². The van der Waals surface area contributed by atoms with Crippen LogP contribution in [0.25, 0.3) is 0 Å². The fourth-order valence-electron chi connectivity index (χ4n) is 3.31. The zero-order valence-corrected chi connectivity index (χ0v) is 20.0. The number of aromatic amines is 2. The highest BCUT2D eigenvalue weighted by atomic mass is 16.4. The highest BCUT2D eigenvalue weighted by Crippen LogP contribution is 2.06. The van der Waals surface area contributed by atoms with Crippen molar-refractivity contribution in [1.29, 1.82) is 0 Å². The van der Waals surface area contributed by atoms with E-state index in [1.54, 1.807) is 0 Å². The van der Waals surface area contributed by atoms with Gasteiger partial charge in [-0.1, -0.05) is 0 Å². The zero-order chi connectivity index (χ0) is 28.2. The van der Waals surface area contributed by atoms with Crippen LogP contribution in [0, 0.1) is 0 Å². The molecular weight excluding hydrogens is 506 g/mol. The van der Waals surface area contributed by atoms with Crippen molar-refractivity contribution in [3.8, 4) is 0 Å². The number of aromatic nitrogens is 4. The quantitative estimate of drug-likeness (QED) is 0.102. The van der Waals surface area contributed by atoms with E-state index in [0.29, 0.717) is 11.4 Å². The number of primary amides is 1. The number of carboxylic acid groups (broad SMARTS) is 2. The Labute approximate surface area is 215 Å². The first kappa shape index (κ1) is 29.4. The third kappa shape index (κ3) is 9.69. The molecule has 4 unspecified atom stereocenters. The molecule has 0 saturated heterocycles. The predicted molar refractivity (Wildman–Crippen MR) is 127 cm³/mol. The number of carbonyl (C=O) groups excluding carboxylic acids is 4. The summed E-state index contributed by atoms with van der Waals surface area (Å²) in [6.45, 7) is 0. The van der Waals surface area contributed by atoms with Crippen LogP contribution in [-0.4, -0.2) is 89.9 Å². The predicted octanol–water partition coefficient (Wildman–Crippen LogP) is -3.48. The summed E-state index contributed by atoms with van der Waals surface area (Å²) in [6, 6.07) is -5.51. The summed E-state index contributed by atoms with van der Waals surface area (Å²) in [5.74, 6) is -6.13. The minimum Gasteiger partial charge on any atom is -0.481 e. The van der Waals surface area contributed by atoms with E-state index in [-0.39, 0.29) is 12.8 Å². The number of nitrogens with two attached hydrogens (primary N) is 2. The Balaban J connectivity index is 2.23. The minimum atomic E-state index is -1.54. The topological polar surface area (TPSA) is 288 Å². The summed E-state index contributed by atoms with van der Waals surface area (Å²) in [5.41, 5.74) is 11.6. The highest BCUT2D eigenvalue weighted by molar-refractivity contribution is 5.95. The van der Waals surface area contributed by atoms with Gasteiger partial charge < -0.3 is 47.6 Å². The molecule has 2 aromatic rings. The normalized spacial score (nSPS) is 13.9. The van der Waals surface area contributed by atoms with Crippen LogP contribution in [-0.2, 0) is 41.6 Å². The first-order valence-electron chi connectivity index (χ1n) is 11.3. The molecule has 2 heterocycles. The molecule has 11 N–H and O–H groups in total. The Hall–Kier alpha value is -4.80. The first-order valence-corrected chi connectivity index (χ1v) is 11.3. The maximum atomic E-state index is 13.2. The third-order valence-corrected chi connectivity index (χ3v) is 5.24. The van der Waals surface area contributed by atoms with Gasteiger partial charge in [0.05, 0.1) is 25.1 Å². The fourth-order valence-corrected chi connectivity index (χ4v) is 3.31. The van der Waals surface area contributed by atoms with Gasteiger partial charge in [0.15, 0.2) is 0 Å². The maximum absolute atomic E-state index is 13.2. The number of hydrogen-bond donors (Lipinski definition) is 9. The van der Waals surface area contributed by atoms with Crippen molar-refractivity contribution < 1.29 is 39.0 Å². The van der Waals surface area contributed by atoms with Gasteiger partial charge in [-0.3, -0.25) is 24.0 Å². The molecule has 4 atom stereocenters. The smallest absolute Gasteiger partial charge is 0.326 e. The molecule has 17 nitrogen and oxygen atoms in total. The third-order valence-electron chi connectivity index (χ3n) is 5.24. The number of imidazole rings is 2. The summed E-state index contributed by atoms with van der Waals surface area (Å²) in [7, 11) is 0. The molecular formula is C21H29N9O8. The van der Waals surface area contributed by atoms with Crippen molar-refractivity contribution in [1.82, 2.24) is 35.9 Å². The molecule has 2 rings (SSSR count). The van der Waals surface area contributed by atoms with Crippen molar-refractivity contribution in [2.75, 3.05) is 0 Å². The molecule has 38 heavy (non-hydrogen) atoms. The van der Waals surface area contributed by atoms with Gasteiger partial charge in [0.1, 0.15) is 18.1 Å². The van der Waals surface area contributed by atoms with Crippen LogP contribution in [0.5, 0.6) is 0 Å². The van der Waals surface area contributed by atoms with Gasteiger partial charge in [0.25, 0.3) is 0 Å². The Bertz CT molecular complexity index is 1120. The van der Waals surface area contributed by atoms with Gasteiger partial charge >= 0.3 is 11.9 Å². The first-order chi connectivity index (χ1) is 18.0. The van der Waals surface area contributed by atoms with Gasteiger partial charge in [-0.25, -0.2) is 14.8 Å². The minimum absolute atomic E-state index is 0.102. The molecule has 4 amide bonds. The van der Waals surface area contributed by atoms with Gasteiger partial charge in [0, 0.05) is 43.0 Å². The second-order valence-corrected chi connectivity index (χ2v) is 8.29. The summed E-state index contributed by atoms with van der Waals surface area (Å²) in [5, 5.41) is 25.4. The van der Waals surface area contributed by atoms with E-state index in [9.17, 15) is 33.9 Å². The van der Waals surface area contributed by atoms with E-state index >= 15 is 0 Å². The maximum Gasteiger partial charge on any atom is 0.326 e. The SMILES string of the molecule is NC(=O)CC(N)C(=O)NC(Cc1cnc[nH]1)C(=O)NC(Cc1cnc[nH]1)C(=O)NC(CCC(=O)O)C(=O)O. The van der Waals surface area contributed by atoms with Crippen molar-refractivity contribution in [2.45, 2.75) is 56.3 Å². The number of nitrogens with zero attached hydrogens (tertiary/aromatic N) is 2. The van der Waals surface area contributed by atoms with E-state index in [4.69, 9.17) is 16.6 Å². The van der Waals surface area contributed by atoms with Gasteiger partial charge in [-0.15, -0.1) is 0 Å². The van der Waals surface area contributed by atoms with E-state index < -0.39 is 79.0 Å². The molecule has 0 fully saturated rings. The fraction of sp³-hybridized carbons (Fsp3) is 0.429. The van der Waals surface area contributed by atoms with Crippen molar-refractivity contribution in [3.63, 3.8) is 0 Å². The summed E-state index contributed by atoms with van der Waals surface area (Å²) in [4.78, 5) is 85.5. The van der Waals surface area contributed by atoms with Crippen LogP contribution < -0.4 is 27.4 Å². The average molecular weight is 536 g/mol. The second kappa shape index (κ2) is 14.1. The number of H-pyrrole nitrogens is 2. The number of rotatable bonds is 16. The van der Waals surface area contributed by atoms with Crippen LogP contribution in [0.4, 0.5) is 0 Å². The van der Waals surface area contributed by atoms with Gasteiger partial charge in [0.2, 0.25) is 23.6 Å². The van der Waals surface area contributed by atoms with Gasteiger partial charge in [-0.05, 0) is 6.42 Å². The Morgan fingerprint density at radius 2 is 1.29 bits per heavy atom. The van der Waals surface area contributed by atoms with Crippen LogP contribution in [0.3, 0.4) is 0 Å². The summed E-state index contributed by atoms with van der Waals surface area (Å²) < 4.78 is 0. The van der Waals surface area contributed by atoms with E-state index in [1.807, 2.05) is 0 Å². The van der Waals surface area contributed by atoms with E-state index in [0.717, 1.165) is 0 Å². The number of carboxylic acids is 2. The standard InChI is InChI=1S/C21H29N9O8/c22-12(5-16(23)31)18(34)29-14(3-10-6-24-8-26-10)20(36)30-15(4-11-7-25-9-27-11)19(35)28-13(21(37)38)1-2-17(32)33/h6-9,12-15H,1-5,22H2,(H2,23,31)(H,24,26)(H,25,27)(H,28,35)(H,29,34)(H,30,36)(H,32,33)(H,37,38). The summed E-state index contributed by atoms with van der Waals surface area (Å²) >= 11 is 0. The molecule has 0 spiro atoms. The molecule has 0 bridgehead atoms. The Morgan fingerprint density at radius 3 is 1.68 bits per heavy atom. The van der Waals surface area contributed by atoms with Crippen LogP contribution in [0.2, 0.25) is 0 Å². The number of hydrogen-bond acceptors (Lipinski definition) is 9. The number of aliphatic carboxylic acids is 2. The van der Waals surface area contributed by atoms with Crippen molar-refractivity contribution in [2.24, 2.45) is 11.5 Å². The van der Waals surface area contributed by atoms with Crippen LogP contribution >= 0.6 is 0 Å². The molecule has 0 saturated carbocycles. The highest BCUT2D eigenvalue weighted by Gasteiger charge is 2.31. The molecule has 0 radical (unpaired) electrons. The lowest BCUT2D eigenvalue weighted by atomic mass is 10.1. The molecule has 206 valence electrons. The molecule has 17 heteroatoms. The Morgan fingerprint density at radius 1 is 0.816 bits per heavy atom. The van der Waals surface area contributed by atoms with Crippen LogP contribution in [0.1, 0.15) is 30.7 Å². The number of nitrogens with one attached hydrogen (secondary N) is 5. The lowest BCUT2D eigenvalue weighted by molar-refractivity contribution is -0.143. The lowest BCUT2D eigenvalue weighted by Crippen LogP contribution is -2.58. The van der Waals surface area contributed by atoms with E-state index in [1.165, 1.54) is 25.0 Å². The van der Waals surface area contributed by atoms with Gasteiger partial charge in [-0.2, -0.15) is 0 Å². The van der Waals surface area contributed by atoms with Crippen LogP contribution in [0.15, 0.2) is 25.0 Å². The molecule has 0 aliphatic rings. The van der Waals surface area contributed by atoms with Crippen molar-refractivity contribution in [3.05, 3.63) is 36.4 Å². The molecule has 2 aromatic heterocycles. The molecule has 0 aliphatic heterocycles. The second-order valence-electron chi connectivity index (χ2n) is 8.29. The Kier molecular flexibility index (Phi) is 10.9.